The van der Waals surface area contributed by atoms with E-state index in [4.69, 9.17) is 0 Å². The molecule has 0 spiro atoms. The second-order valence-electron chi connectivity index (χ2n) is 6.38. The van der Waals surface area contributed by atoms with Crippen molar-refractivity contribution in [1.82, 2.24) is 0 Å². The zero-order valence-corrected chi connectivity index (χ0v) is 13.2. The van der Waals surface area contributed by atoms with Crippen LogP contribution in [0.1, 0.15) is 54.7 Å². The van der Waals surface area contributed by atoms with Gasteiger partial charge in [-0.3, -0.25) is 4.79 Å². The summed E-state index contributed by atoms with van der Waals surface area (Å²) in [6.45, 7) is 8.24. The van der Waals surface area contributed by atoms with Gasteiger partial charge in [-0.15, -0.1) is 0 Å². The summed E-state index contributed by atoms with van der Waals surface area (Å²) in [5.74, 6) is 0.100. The normalized spacial score (nSPS) is 11.8. The predicted octanol–water partition coefficient (Wildman–Crippen LogP) is 5.36. The summed E-state index contributed by atoms with van der Waals surface area (Å²) in [5, 5.41) is 0. The van der Waals surface area contributed by atoms with Crippen LogP contribution in [0, 0.1) is 0 Å². The summed E-state index contributed by atoms with van der Waals surface area (Å²) in [6.07, 6.45) is 4.16. The number of ketones is 1. The molecule has 0 bridgehead atoms. The van der Waals surface area contributed by atoms with Gasteiger partial charge >= 0.3 is 0 Å². The van der Waals surface area contributed by atoms with Gasteiger partial charge in [-0.2, -0.15) is 0 Å². The number of hydrogen-bond donors (Lipinski definition) is 0. The van der Waals surface area contributed by atoms with Crippen LogP contribution in [0.25, 0.3) is 12.2 Å². The maximum absolute atomic E-state index is 11.2. The number of rotatable bonds is 3. The molecule has 0 aliphatic heterocycles. The Hall–Kier alpha value is -2.15. The molecule has 1 heteroatoms. The number of Topliss-reactive ketones (excluding diaryl/α,β-unsaturated/α-hetero) is 1. The van der Waals surface area contributed by atoms with E-state index in [2.05, 4.69) is 57.2 Å². The minimum Gasteiger partial charge on any atom is -0.295 e. The Bertz CT molecular complexity index is 638. The topological polar surface area (TPSA) is 17.1 Å². The van der Waals surface area contributed by atoms with E-state index in [9.17, 15) is 4.79 Å². The van der Waals surface area contributed by atoms with E-state index in [1.54, 1.807) is 6.92 Å². The Morgan fingerprint density at radius 2 is 1.24 bits per heavy atom. The van der Waals surface area contributed by atoms with Crippen LogP contribution in [-0.2, 0) is 5.41 Å². The maximum Gasteiger partial charge on any atom is 0.159 e. The number of carbonyl (C=O) groups is 1. The average Bonchev–Trinajstić information content (AvgIpc) is 2.45. The number of carbonyl (C=O) groups excluding carboxylic acids is 1. The molecule has 0 unspecified atom stereocenters. The highest BCUT2D eigenvalue weighted by atomic mass is 16.1. The lowest BCUT2D eigenvalue weighted by Crippen LogP contribution is -2.10. The average molecular weight is 278 g/mol. The first-order chi connectivity index (χ1) is 9.86. The van der Waals surface area contributed by atoms with Crippen molar-refractivity contribution in [2.75, 3.05) is 0 Å². The summed E-state index contributed by atoms with van der Waals surface area (Å²) in [4.78, 5) is 11.2. The van der Waals surface area contributed by atoms with Gasteiger partial charge in [-0.25, -0.2) is 0 Å². The molecular weight excluding hydrogens is 256 g/mol. The molecule has 0 fully saturated rings. The Balaban J connectivity index is 2.12. The molecule has 2 rings (SSSR count). The molecular formula is C20H22O. The van der Waals surface area contributed by atoms with Gasteiger partial charge in [0.15, 0.2) is 5.78 Å². The van der Waals surface area contributed by atoms with Crippen molar-refractivity contribution in [2.45, 2.75) is 33.1 Å². The summed E-state index contributed by atoms with van der Waals surface area (Å²) < 4.78 is 0. The molecule has 108 valence electrons. The highest BCUT2D eigenvalue weighted by Gasteiger charge is 2.12. The van der Waals surface area contributed by atoms with Crippen molar-refractivity contribution in [1.29, 1.82) is 0 Å². The summed E-state index contributed by atoms with van der Waals surface area (Å²) in [5.41, 5.74) is 4.55. The fourth-order valence-electron chi connectivity index (χ4n) is 2.12. The Kier molecular flexibility index (Phi) is 4.42. The molecule has 0 amide bonds. The van der Waals surface area contributed by atoms with Crippen LogP contribution in [0.2, 0.25) is 0 Å². The van der Waals surface area contributed by atoms with Gasteiger partial charge in [0.1, 0.15) is 0 Å². The zero-order valence-electron chi connectivity index (χ0n) is 13.2. The maximum atomic E-state index is 11.2. The lowest BCUT2D eigenvalue weighted by atomic mass is 9.87. The molecule has 0 N–H and O–H groups in total. The molecule has 0 aliphatic carbocycles. The SMILES string of the molecule is CC(=O)c1ccc(/C=C/c2ccc(C(C)(C)C)cc2)cc1. The van der Waals surface area contributed by atoms with Gasteiger partial charge in [0.25, 0.3) is 0 Å². The Labute approximate surface area is 127 Å². The third-order valence-corrected chi connectivity index (χ3v) is 3.56. The van der Waals surface area contributed by atoms with Gasteiger partial charge in [-0.05, 0) is 29.0 Å². The van der Waals surface area contributed by atoms with Gasteiger partial charge < -0.3 is 0 Å². The Morgan fingerprint density at radius 3 is 1.62 bits per heavy atom. The van der Waals surface area contributed by atoms with E-state index in [1.165, 1.54) is 11.1 Å². The summed E-state index contributed by atoms with van der Waals surface area (Å²) >= 11 is 0. The molecule has 0 aliphatic rings. The Morgan fingerprint density at radius 1 is 0.810 bits per heavy atom. The van der Waals surface area contributed by atoms with Gasteiger partial charge in [0.05, 0.1) is 0 Å². The highest BCUT2D eigenvalue weighted by molar-refractivity contribution is 5.94. The molecule has 2 aromatic rings. The molecule has 0 heterocycles. The largest absolute Gasteiger partial charge is 0.295 e. The van der Waals surface area contributed by atoms with Crippen molar-refractivity contribution in [3.8, 4) is 0 Å². The van der Waals surface area contributed by atoms with E-state index in [1.807, 2.05) is 24.3 Å². The fraction of sp³-hybridized carbons (Fsp3) is 0.250. The van der Waals surface area contributed by atoms with Crippen LogP contribution in [0.3, 0.4) is 0 Å². The standard InChI is InChI=1S/C20H22O/c1-15(21)18-11-7-16(8-12-18)5-6-17-9-13-19(14-10-17)20(2,3)4/h5-14H,1-4H3/b6-5+. The first-order valence-corrected chi connectivity index (χ1v) is 7.26. The van der Waals surface area contributed by atoms with Gasteiger partial charge in [0.2, 0.25) is 0 Å². The van der Waals surface area contributed by atoms with E-state index in [-0.39, 0.29) is 11.2 Å². The second kappa shape index (κ2) is 6.09. The van der Waals surface area contributed by atoms with Crippen molar-refractivity contribution in [3.63, 3.8) is 0 Å². The van der Waals surface area contributed by atoms with Crippen LogP contribution < -0.4 is 0 Å². The summed E-state index contributed by atoms with van der Waals surface area (Å²) in [6, 6.07) is 16.3. The predicted molar refractivity (Wildman–Crippen MR) is 90.5 cm³/mol. The minimum absolute atomic E-state index is 0.100. The second-order valence-corrected chi connectivity index (χ2v) is 6.38. The third kappa shape index (κ3) is 4.16. The molecule has 0 radical (unpaired) electrons. The number of hydrogen-bond acceptors (Lipinski definition) is 1. The van der Waals surface area contributed by atoms with E-state index in [0.29, 0.717) is 0 Å². The molecule has 2 aromatic carbocycles. The molecule has 0 saturated carbocycles. The quantitative estimate of drug-likeness (QED) is 0.546. The van der Waals surface area contributed by atoms with Crippen molar-refractivity contribution in [3.05, 3.63) is 70.8 Å². The van der Waals surface area contributed by atoms with E-state index < -0.39 is 0 Å². The molecule has 0 saturated heterocycles. The monoisotopic (exact) mass is 278 g/mol. The smallest absolute Gasteiger partial charge is 0.159 e. The van der Waals surface area contributed by atoms with Gasteiger partial charge in [0, 0.05) is 5.56 Å². The van der Waals surface area contributed by atoms with Crippen molar-refractivity contribution < 1.29 is 4.79 Å². The molecule has 21 heavy (non-hydrogen) atoms. The third-order valence-electron chi connectivity index (χ3n) is 3.56. The van der Waals surface area contributed by atoms with E-state index >= 15 is 0 Å². The van der Waals surface area contributed by atoms with Gasteiger partial charge in [-0.1, -0.05) is 81.5 Å². The molecule has 0 atom stereocenters. The fourth-order valence-corrected chi connectivity index (χ4v) is 2.12. The van der Waals surface area contributed by atoms with Crippen LogP contribution in [0.4, 0.5) is 0 Å². The van der Waals surface area contributed by atoms with Crippen LogP contribution >= 0.6 is 0 Å². The lowest BCUT2D eigenvalue weighted by molar-refractivity contribution is 0.101. The van der Waals surface area contributed by atoms with Crippen LogP contribution in [-0.4, -0.2) is 5.78 Å². The van der Waals surface area contributed by atoms with Crippen molar-refractivity contribution in [2.24, 2.45) is 0 Å². The first-order valence-electron chi connectivity index (χ1n) is 7.26. The number of benzene rings is 2. The zero-order chi connectivity index (χ0) is 15.5. The highest BCUT2D eigenvalue weighted by Crippen LogP contribution is 2.22. The van der Waals surface area contributed by atoms with Crippen LogP contribution in [0.15, 0.2) is 48.5 Å². The lowest BCUT2D eigenvalue weighted by Gasteiger charge is -2.18. The molecule has 1 nitrogen and oxygen atoms in total. The van der Waals surface area contributed by atoms with E-state index in [0.717, 1.165) is 11.1 Å². The van der Waals surface area contributed by atoms with Crippen LogP contribution in [0.5, 0.6) is 0 Å². The summed E-state index contributed by atoms with van der Waals surface area (Å²) in [7, 11) is 0. The van der Waals surface area contributed by atoms with Crippen molar-refractivity contribution >= 4 is 17.9 Å². The molecule has 0 aromatic heterocycles. The first kappa shape index (κ1) is 15.2. The minimum atomic E-state index is 0.100.